The molecule has 0 saturated carbocycles. The van der Waals surface area contributed by atoms with Crippen LogP contribution in [-0.2, 0) is 20.4 Å². The van der Waals surface area contributed by atoms with Gasteiger partial charge in [0.15, 0.2) is 9.84 Å². The van der Waals surface area contributed by atoms with E-state index in [1.807, 2.05) is 19.1 Å². The smallest absolute Gasteiger partial charge is 0.254 e. The molecule has 8 heteroatoms. The second-order valence-corrected chi connectivity index (χ2v) is 9.49. The largest absolute Gasteiger partial charge is 0.332 e. The summed E-state index contributed by atoms with van der Waals surface area (Å²) >= 11 is 3.37. The topological polar surface area (TPSA) is 83.6 Å². The van der Waals surface area contributed by atoms with Crippen molar-refractivity contribution in [2.75, 3.05) is 25.2 Å². The van der Waals surface area contributed by atoms with Gasteiger partial charge >= 0.3 is 0 Å². The molecule has 0 aliphatic carbocycles. The molecule has 2 aromatic rings. The first-order valence-electron chi connectivity index (χ1n) is 8.13. The van der Waals surface area contributed by atoms with Gasteiger partial charge in [0.25, 0.3) is 5.91 Å². The summed E-state index contributed by atoms with van der Waals surface area (Å²) < 4.78 is 23.6. The van der Waals surface area contributed by atoms with Gasteiger partial charge in [0.1, 0.15) is 0 Å². The number of aryl methyl sites for hydroxylation is 1. The fraction of sp³-hybridized carbons (Fsp3) is 0.263. The molecule has 0 aliphatic heterocycles. The van der Waals surface area contributed by atoms with Crippen LogP contribution in [0.15, 0.2) is 46.9 Å². The third-order valence-electron chi connectivity index (χ3n) is 3.82. The van der Waals surface area contributed by atoms with Gasteiger partial charge < -0.3 is 10.2 Å². The van der Waals surface area contributed by atoms with Gasteiger partial charge in [0, 0.05) is 29.0 Å². The Hall–Kier alpha value is -2.19. The van der Waals surface area contributed by atoms with Crippen LogP contribution in [0.2, 0.25) is 0 Å². The zero-order valence-corrected chi connectivity index (χ0v) is 17.7. The second-order valence-electron chi connectivity index (χ2n) is 6.44. The minimum Gasteiger partial charge on any atom is -0.332 e. The van der Waals surface area contributed by atoms with E-state index < -0.39 is 9.84 Å². The number of hydrogen-bond acceptors (Lipinski definition) is 4. The molecule has 0 unspecified atom stereocenters. The summed E-state index contributed by atoms with van der Waals surface area (Å²) in [6.45, 7) is 1.78. The normalized spacial score (nSPS) is 11.1. The van der Waals surface area contributed by atoms with Crippen LogP contribution >= 0.6 is 15.9 Å². The van der Waals surface area contributed by atoms with Crippen molar-refractivity contribution in [3.63, 3.8) is 0 Å². The van der Waals surface area contributed by atoms with E-state index in [1.165, 1.54) is 4.90 Å². The number of carbonyl (C=O) groups is 2. The van der Waals surface area contributed by atoms with E-state index in [4.69, 9.17) is 0 Å². The molecular weight excluding hydrogens is 432 g/mol. The van der Waals surface area contributed by atoms with Gasteiger partial charge in [-0.15, -0.1) is 0 Å². The Morgan fingerprint density at radius 2 is 1.74 bits per heavy atom. The molecule has 1 N–H and O–H groups in total. The maximum Gasteiger partial charge on any atom is 0.254 e. The Kier molecular flexibility index (Phi) is 6.78. The van der Waals surface area contributed by atoms with Crippen LogP contribution in [0.4, 0.5) is 5.69 Å². The molecule has 0 bridgehead atoms. The molecule has 0 fully saturated rings. The van der Waals surface area contributed by atoms with Gasteiger partial charge in [-0.25, -0.2) is 8.42 Å². The first-order chi connectivity index (χ1) is 12.5. The third kappa shape index (κ3) is 6.48. The monoisotopic (exact) mass is 452 g/mol. The number of anilines is 1. The van der Waals surface area contributed by atoms with Gasteiger partial charge in [-0.3, -0.25) is 9.59 Å². The van der Waals surface area contributed by atoms with Gasteiger partial charge in [0.05, 0.1) is 12.3 Å². The SMILES string of the molecule is Cc1cc(Br)ccc1NC(=O)CN(C)C(=O)c1ccc(CS(C)(=O)=O)cc1. The number of halogens is 1. The Bertz CT molecular complexity index is 956. The predicted octanol–water partition coefficient (Wildman–Crippen LogP) is 3.01. The Morgan fingerprint density at radius 1 is 1.11 bits per heavy atom. The molecule has 2 aromatic carbocycles. The minimum absolute atomic E-state index is 0.0771. The van der Waals surface area contributed by atoms with Gasteiger partial charge in [0.2, 0.25) is 5.91 Å². The lowest BCUT2D eigenvalue weighted by Gasteiger charge is -2.17. The van der Waals surface area contributed by atoms with E-state index in [2.05, 4.69) is 21.2 Å². The fourth-order valence-corrected chi connectivity index (χ4v) is 3.78. The summed E-state index contributed by atoms with van der Waals surface area (Å²) in [5.41, 5.74) is 2.60. The van der Waals surface area contributed by atoms with Gasteiger partial charge in [-0.05, 0) is 48.4 Å². The highest BCUT2D eigenvalue weighted by atomic mass is 79.9. The van der Waals surface area contributed by atoms with Crippen LogP contribution in [0.5, 0.6) is 0 Å². The molecule has 27 heavy (non-hydrogen) atoms. The summed E-state index contributed by atoms with van der Waals surface area (Å²) in [4.78, 5) is 26.0. The number of likely N-dealkylation sites (N-methyl/N-ethyl adjacent to an activating group) is 1. The molecule has 144 valence electrons. The lowest BCUT2D eigenvalue weighted by molar-refractivity contribution is -0.116. The van der Waals surface area contributed by atoms with Crippen molar-refractivity contribution in [2.24, 2.45) is 0 Å². The number of amides is 2. The van der Waals surface area contributed by atoms with E-state index in [9.17, 15) is 18.0 Å². The summed E-state index contributed by atoms with van der Waals surface area (Å²) in [5.74, 6) is -0.694. The Morgan fingerprint density at radius 3 is 2.30 bits per heavy atom. The highest BCUT2D eigenvalue weighted by Crippen LogP contribution is 2.20. The lowest BCUT2D eigenvalue weighted by Crippen LogP contribution is -2.35. The molecule has 2 amide bonds. The average molecular weight is 453 g/mol. The maximum absolute atomic E-state index is 12.5. The van der Waals surface area contributed by atoms with Crippen molar-refractivity contribution >= 4 is 43.3 Å². The molecule has 0 atom stereocenters. The summed E-state index contributed by atoms with van der Waals surface area (Å²) in [6.07, 6.45) is 1.16. The highest BCUT2D eigenvalue weighted by Gasteiger charge is 2.16. The highest BCUT2D eigenvalue weighted by molar-refractivity contribution is 9.10. The van der Waals surface area contributed by atoms with Crippen molar-refractivity contribution in [1.29, 1.82) is 0 Å². The van der Waals surface area contributed by atoms with Crippen molar-refractivity contribution in [2.45, 2.75) is 12.7 Å². The van der Waals surface area contributed by atoms with Crippen molar-refractivity contribution in [1.82, 2.24) is 4.90 Å². The predicted molar refractivity (Wildman–Crippen MR) is 109 cm³/mol. The van der Waals surface area contributed by atoms with Crippen LogP contribution < -0.4 is 5.32 Å². The van der Waals surface area contributed by atoms with E-state index in [1.54, 1.807) is 37.4 Å². The summed E-state index contributed by atoms with van der Waals surface area (Å²) in [6, 6.07) is 11.9. The third-order valence-corrected chi connectivity index (χ3v) is 5.17. The molecular formula is C19H21BrN2O4S. The molecule has 6 nitrogen and oxygen atoms in total. The summed E-state index contributed by atoms with van der Waals surface area (Å²) in [7, 11) is -1.59. The van der Waals surface area contributed by atoms with Gasteiger partial charge in [-0.1, -0.05) is 28.1 Å². The maximum atomic E-state index is 12.5. The van der Waals surface area contributed by atoms with Crippen LogP contribution in [0.1, 0.15) is 21.5 Å². The van der Waals surface area contributed by atoms with Crippen molar-refractivity contribution in [3.8, 4) is 0 Å². The van der Waals surface area contributed by atoms with Crippen molar-refractivity contribution in [3.05, 3.63) is 63.6 Å². The molecule has 0 aliphatic rings. The summed E-state index contributed by atoms with van der Waals surface area (Å²) in [5, 5.41) is 2.79. The number of rotatable bonds is 6. The first kappa shape index (κ1) is 21.1. The number of hydrogen-bond donors (Lipinski definition) is 1. The number of benzene rings is 2. The van der Waals surface area contributed by atoms with E-state index in [-0.39, 0.29) is 24.1 Å². The Balaban J connectivity index is 1.99. The number of sulfone groups is 1. The number of nitrogens with zero attached hydrogens (tertiary/aromatic N) is 1. The molecule has 0 aromatic heterocycles. The molecule has 0 saturated heterocycles. The van der Waals surface area contributed by atoms with E-state index in [0.717, 1.165) is 16.3 Å². The van der Waals surface area contributed by atoms with Crippen LogP contribution in [0.25, 0.3) is 0 Å². The van der Waals surface area contributed by atoms with Crippen LogP contribution in [-0.4, -0.2) is 45.0 Å². The van der Waals surface area contributed by atoms with Crippen LogP contribution in [0, 0.1) is 6.92 Å². The lowest BCUT2D eigenvalue weighted by atomic mass is 10.1. The van der Waals surface area contributed by atoms with Gasteiger partial charge in [-0.2, -0.15) is 0 Å². The minimum atomic E-state index is -3.13. The molecule has 0 spiro atoms. The van der Waals surface area contributed by atoms with E-state index in [0.29, 0.717) is 16.8 Å². The number of carbonyl (C=O) groups excluding carboxylic acids is 2. The quantitative estimate of drug-likeness (QED) is 0.729. The molecule has 0 heterocycles. The van der Waals surface area contributed by atoms with Crippen LogP contribution in [0.3, 0.4) is 0 Å². The standard InChI is InChI=1S/C19H21BrN2O4S/c1-13-10-16(20)8-9-17(13)21-18(23)11-22(2)19(24)15-6-4-14(5-7-15)12-27(3,25)26/h4-10H,11-12H2,1-3H3,(H,21,23). The average Bonchev–Trinajstić information content (AvgIpc) is 2.56. The molecule has 0 radical (unpaired) electrons. The fourth-order valence-electron chi connectivity index (χ4n) is 2.51. The first-order valence-corrected chi connectivity index (χ1v) is 11.0. The zero-order valence-electron chi connectivity index (χ0n) is 15.3. The van der Waals surface area contributed by atoms with E-state index >= 15 is 0 Å². The van der Waals surface area contributed by atoms with Crippen molar-refractivity contribution < 1.29 is 18.0 Å². The molecule has 2 rings (SSSR count). The number of nitrogens with one attached hydrogen (secondary N) is 1. The zero-order chi connectivity index (χ0) is 20.2. The second kappa shape index (κ2) is 8.67. The Labute approximate surface area is 167 Å².